The Hall–Kier alpha value is -13.4. The van der Waals surface area contributed by atoms with Crippen LogP contribution in [0.15, 0.2) is 217 Å². The van der Waals surface area contributed by atoms with Gasteiger partial charge >= 0.3 is 0 Å². The van der Waals surface area contributed by atoms with Crippen molar-refractivity contribution in [1.29, 1.82) is 0 Å². The van der Waals surface area contributed by atoms with E-state index in [0.29, 0.717) is 51.1 Å². The van der Waals surface area contributed by atoms with Crippen molar-refractivity contribution in [3.63, 3.8) is 0 Å². The summed E-state index contributed by atoms with van der Waals surface area (Å²) in [6, 6.07) is 51.3. The molecule has 708 valence electrons. The predicted octanol–water partition coefficient (Wildman–Crippen LogP) is 29.3. The Morgan fingerprint density at radius 1 is 0.254 bits per heavy atom. The summed E-state index contributed by atoms with van der Waals surface area (Å²) in [5.74, 6) is 0. The van der Waals surface area contributed by atoms with E-state index in [1.54, 1.807) is 89.3 Å². The molecule has 0 spiro atoms. The maximum Gasteiger partial charge on any atom is 0.227 e. The fourth-order valence-electron chi connectivity index (χ4n) is 19.1. The monoisotopic (exact) mass is 1850 g/mol. The lowest BCUT2D eigenvalue weighted by Crippen LogP contribution is -2.32. The van der Waals surface area contributed by atoms with Crippen LogP contribution in [-0.4, -0.2) is 24.9 Å². The first-order chi connectivity index (χ1) is 68.9. The van der Waals surface area contributed by atoms with Crippen LogP contribution in [0, 0.1) is 117 Å². The van der Waals surface area contributed by atoms with Gasteiger partial charge in [-0.15, -0.1) is 0 Å². The summed E-state index contributed by atoms with van der Waals surface area (Å²) in [6.45, 7) is 49.2. The maximum atomic E-state index is 8.87. The zero-order chi connectivity index (χ0) is 108. The molecule has 0 bridgehead atoms. The van der Waals surface area contributed by atoms with Gasteiger partial charge in [-0.2, -0.15) is 0 Å². The summed E-state index contributed by atoms with van der Waals surface area (Å²) in [7, 11) is 9.94. The summed E-state index contributed by atoms with van der Waals surface area (Å²) >= 11 is 0. The first-order valence-electron chi connectivity index (χ1n) is 52.9. The van der Waals surface area contributed by atoms with Crippen molar-refractivity contribution < 1.29 is 58.6 Å². The summed E-state index contributed by atoms with van der Waals surface area (Å²) in [6.07, 6.45) is 12.9. The van der Waals surface area contributed by atoms with E-state index in [1.807, 2.05) is 101 Å². The SMILES string of the molecule is Cc1cc(-c2c(C)ccc3c2oc2ncccc23)[n+](C)cc1CC(C)(C)C.Cc1cc(-c2c(C)ccc3c2oc2ncccc23)[n+](C)cc1CC(C)(C)C.Cc1ccc2c(n1)oc1c(-c3cc(C)c(CC(C)(C)C)c[n+]3C)c(C)ccc12.[2H]C([2H])([2H])c1c[n+](C)c(-c2c(C)ccc3c2oc2nc(C)ccc23)cc1C([2H])([2H])C(C)(C)C.[2H]C([2H])([2H])c1c[n+](C)c(-c2c(C)ccc3c2oc2nc(C)ccc23)cc1C([2H])([2H])C(C)(C)C. The summed E-state index contributed by atoms with van der Waals surface area (Å²) in [4.78, 5) is 22.5. The average Bonchev–Trinajstić information content (AvgIpc) is 1.21. The minimum absolute atomic E-state index is 0.0143. The molecule has 0 unspecified atom stereocenters. The second-order valence-electron chi connectivity index (χ2n) is 43.9. The normalized spacial score (nSPS) is 13.7. The van der Waals surface area contributed by atoms with E-state index in [4.69, 9.17) is 35.8 Å². The van der Waals surface area contributed by atoms with E-state index in [0.717, 1.165) is 146 Å². The lowest BCUT2D eigenvalue weighted by molar-refractivity contribution is -0.661. The molecular weight excluding hydrogens is 1700 g/mol. The molecule has 138 heavy (non-hydrogen) atoms. The van der Waals surface area contributed by atoms with Gasteiger partial charge < -0.3 is 22.1 Å². The summed E-state index contributed by atoms with van der Waals surface area (Å²) in [5, 5.41) is 10.2. The van der Waals surface area contributed by atoms with Crippen LogP contribution in [0.4, 0.5) is 0 Å². The number of rotatable bonds is 10. The summed E-state index contributed by atoms with van der Waals surface area (Å²) in [5.41, 5.74) is 33.1. The highest BCUT2D eigenvalue weighted by molar-refractivity contribution is 6.13. The molecule has 0 N–H and O–H groups in total. The van der Waals surface area contributed by atoms with Crippen molar-refractivity contribution in [1.82, 2.24) is 24.9 Å². The van der Waals surface area contributed by atoms with Crippen LogP contribution in [0.3, 0.4) is 0 Å². The van der Waals surface area contributed by atoms with E-state index in [1.165, 1.54) is 79.5 Å². The van der Waals surface area contributed by atoms with Gasteiger partial charge in [0.15, 0.2) is 58.9 Å². The Labute approximate surface area is 829 Å². The van der Waals surface area contributed by atoms with Crippen LogP contribution >= 0.6 is 0 Å². The number of furan rings is 5. The first kappa shape index (κ1) is 85.1. The molecule has 0 aliphatic carbocycles. The Bertz CT molecular complexity index is 8250. The topological polar surface area (TPSA) is 150 Å². The van der Waals surface area contributed by atoms with E-state index >= 15 is 0 Å². The number of nitrogens with zero attached hydrogens (tertiary/aromatic N) is 10. The lowest BCUT2D eigenvalue weighted by Gasteiger charge is -2.19. The van der Waals surface area contributed by atoms with Crippen molar-refractivity contribution in [2.75, 3.05) is 0 Å². The number of hydrogen-bond acceptors (Lipinski definition) is 10. The molecule has 20 aromatic rings. The highest BCUT2D eigenvalue weighted by Crippen LogP contribution is 2.45. The molecule has 15 heterocycles. The Morgan fingerprint density at radius 3 is 0.732 bits per heavy atom. The number of pyridine rings is 10. The summed E-state index contributed by atoms with van der Waals surface area (Å²) < 4.78 is 125. The average molecular weight is 1850 g/mol. The zero-order valence-corrected chi connectivity index (χ0v) is 86.6. The lowest BCUT2D eigenvalue weighted by atomic mass is 9.86. The third-order valence-corrected chi connectivity index (χ3v) is 25.6. The number of hydrogen-bond donors (Lipinski definition) is 0. The van der Waals surface area contributed by atoms with Gasteiger partial charge in [-0.25, -0.2) is 47.8 Å². The first-order valence-corrected chi connectivity index (χ1v) is 47.9. The Balaban J connectivity index is 0.000000132. The van der Waals surface area contributed by atoms with E-state index < -0.39 is 37.3 Å². The van der Waals surface area contributed by atoms with Crippen LogP contribution in [0.2, 0.25) is 0 Å². The van der Waals surface area contributed by atoms with Crippen LogP contribution in [0.25, 0.3) is 167 Å². The molecule has 15 nitrogen and oxygen atoms in total. The fraction of sp³-hybridized carbons (Fsp3) is 0.350. The molecular formula is C123H141N10O5+5. The van der Waals surface area contributed by atoms with Gasteiger partial charge in [0.05, 0.1) is 27.8 Å². The maximum absolute atomic E-state index is 8.87. The number of aromatic nitrogens is 10. The molecule has 0 aliphatic heterocycles. The largest absolute Gasteiger partial charge is 0.437 e. The van der Waals surface area contributed by atoms with E-state index in [-0.39, 0.29) is 38.5 Å². The second-order valence-corrected chi connectivity index (χ2v) is 43.9. The van der Waals surface area contributed by atoms with Crippen LogP contribution < -0.4 is 22.8 Å². The van der Waals surface area contributed by atoms with E-state index in [9.17, 15) is 0 Å². The van der Waals surface area contributed by atoms with Gasteiger partial charge in [0.1, 0.15) is 35.2 Å². The molecule has 0 aliphatic rings. The van der Waals surface area contributed by atoms with Gasteiger partial charge in [-0.1, -0.05) is 165 Å². The zero-order valence-electron chi connectivity index (χ0n) is 96.6. The highest BCUT2D eigenvalue weighted by Gasteiger charge is 2.32. The molecule has 0 amide bonds. The number of benzene rings is 5. The molecule has 0 atom stereocenters. The van der Waals surface area contributed by atoms with Gasteiger partial charge in [-0.3, -0.25) is 0 Å². The van der Waals surface area contributed by atoms with Crippen molar-refractivity contribution in [3.05, 3.63) is 296 Å². The van der Waals surface area contributed by atoms with Gasteiger partial charge in [0.2, 0.25) is 57.0 Å². The number of aryl methyl sites for hydroxylation is 18. The molecule has 0 radical (unpaired) electrons. The molecule has 15 aromatic heterocycles. The van der Waals surface area contributed by atoms with Crippen molar-refractivity contribution in [2.45, 2.75) is 226 Å². The van der Waals surface area contributed by atoms with Crippen molar-refractivity contribution >= 4 is 110 Å². The minimum atomic E-state index is -2.45. The van der Waals surface area contributed by atoms with E-state index in [2.05, 4.69) is 255 Å². The Morgan fingerprint density at radius 2 is 0.486 bits per heavy atom. The molecule has 0 saturated heterocycles. The predicted molar refractivity (Wildman–Crippen MR) is 568 cm³/mol. The third kappa shape index (κ3) is 20.5. The standard InChI is InChI=1S/3C25H29N2O.2C24H27N2O/c2*1-15-8-10-19-20-11-9-17(3)26-24(20)28-23(19)22(15)21-12-18(13-25(4,5)6)16(2)14-27(21)7;1-15-8-10-19-20-11-9-17(3)26-24(20)28-23(19)22(15)21-12-16(2)18(14-27(21)7)13-25(4,5)6;2*1-15-9-10-18-19-8-7-11-25-23(19)27-22(18)21(15)20-12-16(2)17(14-26(20)6)13-24(3,4)5/h3*8-12,14H,13H2,1-7H3;2*7-12,14H,13H2,1-6H3/q5*+1/i2*2D3,13D2;;;. The van der Waals surface area contributed by atoms with Crippen molar-refractivity contribution in [3.8, 4) is 56.3 Å². The minimum Gasteiger partial charge on any atom is -0.437 e. The second kappa shape index (κ2) is 37.5. The smallest absolute Gasteiger partial charge is 0.227 e. The Kier molecular flexibility index (Phi) is 23.1. The van der Waals surface area contributed by atoms with Gasteiger partial charge in [0, 0.05) is 155 Å². The van der Waals surface area contributed by atoms with Crippen LogP contribution in [0.5, 0.6) is 0 Å². The molecule has 0 fully saturated rings. The molecule has 20 rings (SSSR count). The van der Waals surface area contributed by atoms with Gasteiger partial charge in [-0.05, 0) is 265 Å². The third-order valence-electron chi connectivity index (χ3n) is 25.6. The van der Waals surface area contributed by atoms with Gasteiger partial charge in [0.25, 0.3) is 0 Å². The number of fused-ring (bicyclic) bond motifs is 15. The molecule has 15 heteroatoms. The van der Waals surface area contributed by atoms with Crippen molar-refractivity contribution in [2.24, 2.45) is 62.3 Å². The highest BCUT2D eigenvalue weighted by atomic mass is 16.4. The van der Waals surface area contributed by atoms with Crippen LogP contribution in [0.1, 0.15) is 218 Å². The molecule has 5 aromatic carbocycles. The quantitative estimate of drug-likeness (QED) is 0.121. The molecule has 0 saturated carbocycles. The fourth-order valence-corrected chi connectivity index (χ4v) is 19.1. The van der Waals surface area contributed by atoms with Crippen LogP contribution in [-0.2, 0) is 67.2 Å².